The number of rotatable bonds is 9. The molecule has 0 saturated heterocycles. The Morgan fingerprint density at radius 3 is 2.74 bits per heavy atom. The van der Waals surface area contributed by atoms with Crippen LogP contribution in [-0.2, 0) is 17.8 Å². The Kier molecular flexibility index (Phi) is 7.57. The van der Waals surface area contributed by atoms with Gasteiger partial charge in [0.05, 0.1) is 31.6 Å². The first-order chi connectivity index (χ1) is 17.0. The zero-order chi connectivity index (χ0) is 24.8. The first kappa shape index (κ1) is 24.2. The van der Waals surface area contributed by atoms with Gasteiger partial charge in [0.15, 0.2) is 11.5 Å². The number of methoxy groups -OCH3 is 1. The molecule has 0 aliphatic rings. The summed E-state index contributed by atoms with van der Waals surface area (Å²) in [5, 5.41) is 4.56. The summed E-state index contributed by atoms with van der Waals surface area (Å²) in [6.45, 7) is 4.18. The molecule has 4 aromatic rings. The number of carbonyl (C=O) groups excluding carboxylic acids is 1. The van der Waals surface area contributed by atoms with Gasteiger partial charge in [-0.2, -0.15) is 5.10 Å². The van der Waals surface area contributed by atoms with E-state index in [1.807, 2.05) is 38.1 Å². The van der Waals surface area contributed by atoms with Gasteiger partial charge in [-0.05, 0) is 48.7 Å². The molecule has 2 aromatic heterocycles. The third kappa shape index (κ3) is 5.75. The Balaban J connectivity index is 1.35. The Bertz CT molecular complexity index is 1430. The first-order valence-electron chi connectivity index (χ1n) is 11.1. The van der Waals surface area contributed by atoms with Crippen molar-refractivity contribution in [2.45, 2.75) is 26.8 Å². The summed E-state index contributed by atoms with van der Waals surface area (Å²) in [7, 11) is 1.57. The molecule has 8 nitrogen and oxygen atoms in total. The predicted octanol–water partition coefficient (Wildman–Crippen LogP) is 3.86. The van der Waals surface area contributed by atoms with E-state index < -0.39 is 5.91 Å². The van der Waals surface area contributed by atoms with E-state index in [2.05, 4.69) is 27.6 Å². The molecule has 1 N–H and O–H groups in total. The molecule has 0 fully saturated rings. The number of thiophene rings is 1. The molecule has 0 spiro atoms. The van der Waals surface area contributed by atoms with Crippen molar-refractivity contribution >= 4 is 33.7 Å². The van der Waals surface area contributed by atoms with Gasteiger partial charge < -0.3 is 9.47 Å². The maximum atomic E-state index is 12.7. The Morgan fingerprint density at radius 1 is 1.17 bits per heavy atom. The van der Waals surface area contributed by atoms with Gasteiger partial charge in [-0.3, -0.25) is 14.2 Å². The van der Waals surface area contributed by atoms with Crippen LogP contribution in [-0.4, -0.2) is 35.4 Å². The molecule has 0 bridgehead atoms. The molecule has 9 heteroatoms. The van der Waals surface area contributed by atoms with Gasteiger partial charge in [0.1, 0.15) is 11.4 Å². The Labute approximate surface area is 206 Å². The fourth-order valence-electron chi connectivity index (χ4n) is 3.56. The number of nitrogens with zero attached hydrogens (tertiary/aromatic N) is 3. The minimum atomic E-state index is -0.429. The van der Waals surface area contributed by atoms with Crippen molar-refractivity contribution in [3.05, 3.63) is 86.8 Å². The molecule has 2 aromatic carbocycles. The first-order valence-corrected chi connectivity index (χ1v) is 11.9. The number of hydrazone groups is 1. The van der Waals surface area contributed by atoms with Crippen LogP contribution in [0.2, 0.25) is 0 Å². The number of fused-ring (bicyclic) bond motifs is 1. The molecule has 0 radical (unpaired) electrons. The minimum absolute atomic E-state index is 0.176. The van der Waals surface area contributed by atoms with Crippen molar-refractivity contribution in [3.8, 4) is 11.5 Å². The molecule has 35 heavy (non-hydrogen) atoms. The molecule has 180 valence electrons. The summed E-state index contributed by atoms with van der Waals surface area (Å²) in [6.07, 6.45) is 3.69. The summed E-state index contributed by atoms with van der Waals surface area (Å²) in [6, 6.07) is 15.5. The lowest BCUT2D eigenvalue weighted by Gasteiger charge is -2.11. The van der Waals surface area contributed by atoms with E-state index in [0.29, 0.717) is 28.3 Å². The monoisotopic (exact) mass is 490 g/mol. The van der Waals surface area contributed by atoms with Crippen molar-refractivity contribution in [1.29, 1.82) is 0 Å². The van der Waals surface area contributed by atoms with E-state index in [0.717, 1.165) is 22.4 Å². The topological polar surface area (TPSA) is 94.8 Å². The molecule has 1 amide bonds. The van der Waals surface area contributed by atoms with E-state index >= 15 is 0 Å². The van der Waals surface area contributed by atoms with Gasteiger partial charge in [0.25, 0.3) is 11.5 Å². The van der Waals surface area contributed by atoms with Crippen LogP contribution >= 0.6 is 11.3 Å². The zero-order valence-electron chi connectivity index (χ0n) is 19.8. The number of hydrogen-bond acceptors (Lipinski definition) is 7. The molecule has 0 aliphatic heterocycles. The molecule has 2 heterocycles. The maximum absolute atomic E-state index is 12.7. The number of aryl methyl sites for hydroxylation is 2. The number of benzene rings is 2. The number of carbonyl (C=O) groups is 1. The highest BCUT2D eigenvalue weighted by Gasteiger charge is 2.13. The van der Waals surface area contributed by atoms with Crippen LogP contribution in [0.5, 0.6) is 11.5 Å². The van der Waals surface area contributed by atoms with Crippen LogP contribution < -0.4 is 20.5 Å². The standard InChI is InChI=1S/C26H26N4O4S/c1-17-18(2)35-25-24(17)26(32)30(16-27-25)15-23(31)29-28-14-20-9-10-21(22(13-20)33-3)34-12-11-19-7-5-4-6-8-19/h4-10,13-14,16H,11-12,15H2,1-3H3,(H,29,31)/b28-14+. The molecule has 0 aliphatic carbocycles. The largest absolute Gasteiger partial charge is 0.493 e. The third-order valence-electron chi connectivity index (χ3n) is 5.55. The van der Waals surface area contributed by atoms with Crippen LogP contribution in [0.1, 0.15) is 21.6 Å². The molecular formula is C26H26N4O4S. The van der Waals surface area contributed by atoms with Crippen molar-refractivity contribution in [2.24, 2.45) is 5.10 Å². The van der Waals surface area contributed by atoms with Crippen LogP contribution in [0.25, 0.3) is 10.2 Å². The van der Waals surface area contributed by atoms with Crippen molar-refractivity contribution in [2.75, 3.05) is 13.7 Å². The van der Waals surface area contributed by atoms with Crippen LogP contribution in [0.15, 0.2) is 64.8 Å². The van der Waals surface area contributed by atoms with Crippen LogP contribution in [0.4, 0.5) is 0 Å². The highest BCUT2D eigenvalue weighted by atomic mass is 32.1. The smallest absolute Gasteiger partial charge is 0.262 e. The van der Waals surface area contributed by atoms with E-state index in [1.165, 1.54) is 34.0 Å². The normalized spacial score (nSPS) is 11.2. The number of nitrogens with one attached hydrogen (secondary N) is 1. The second kappa shape index (κ2) is 11.0. The molecule has 4 rings (SSSR count). The lowest BCUT2D eigenvalue weighted by atomic mass is 10.2. The van der Waals surface area contributed by atoms with Crippen LogP contribution in [0.3, 0.4) is 0 Å². The highest BCUT2D eigenvalue weighted by molar-refractivity contribution is 7.18. The fourth-order valence-corrected chi connectivity index (χ4v) is 4.55. The number of amides is 1. The fraction of sp³-hybridized carbons (Fsp3) is 0.231. The quantitative estimate of drug-likeness (QED) is 0.284. The number of aromatic nitrogens is 2. The average molecular weight is 491 g/mol. The number of ether oxygens (including phenoxy) is 2. The average Bonchev–Trinajstić information content (AvgIpc) is 3.16. The molecule has 0 atom stereocenters. The van der Waals surface area contributed by atoms with Crippen molar-refractivity contribution < 1.29 is 14.3 Å². The lowest BCUT2D eigenvalue weighted by Crippen LogP contribution is -2.30. The summed E-state index contributed by atoms with van der Waals surface area (Å²) < 4.78 is 12.6. The van der Waals surface area contributed by atoms with Gasteiger partial charge in [-0.25, -0.2) is 10.4 Å². The summed E-state index contributed by atoms with van der Waals surface area (Å²) >= 11 is 1.47. The van der Waals surface area contributed by atoms with E-state index in [-0.39, 0.29) is 12.1 Å². The summed E-state index contributed by atoms with van der Waals surface area (Å²) in [4.78, 5) is 31.1. The second-order valence-corrected chi connectivity index (χ2v) is 9.13. The summed E-state index contributed by atoms with van der Waals surface area (Å²) in [5.74, 6) is 0.772. The zero-order valence-corrected chi connectivity index (χ0v) is 20.6. The number of hydrogen-bond donors (Lipinski definition) is 1. The van der Waals surface area contributed by atoms with Gasteiger partial charge in [-0.15, -0.1) is 11.3 Å². The maximum Gasteiger partial charge on any atom is 0.262 e. The van der Waals surface area contributed by atoms with Crippen molar-refractivity contribution in [1.82, 2.24) is 15.0 Å². The minimum Gasteiger partial charge on any atom is -0.493 e. The lowest BCUT2D eigenvalue weighted by molar-refractivity contribution is -0.121. The molecular weight excluding hydrogens is 464 g/mol. The van der Waals surface area contributed by atoms with Gasteiger partial charge in [0.2, 0.25) is 0 Å². The molecule has 0 unspecified atom stereocenters. The summed E-state index contributed by atoms with van der Waals surface area (Å²) in [5.41, 5.74) is 5.04. The van der Waals surface area contributed by atoms with E-state index in [1.54, 1.807) is 19.2 Å². The highest BCUT2D eigenvalue weighted by Crippen LogP contribution is 2.28. The second-order valence-electron chi connectivity index (χ2n) is 7.93. The van der Waals surface area contributed by atoms with Gasteiger partial charge in [0, 0.05) is 11.3 Å². The Morgan fingerprint density at radius 2 is 1.97 bits per heavy atom. The van der Waals surface area contributed by atoms with E-state index in [4.69, 9.17) is 9.47 Å². The third-order valence-corrected chi connectivity index (χ3v) is 6.67. The van der Waals surface area contributed by atoms with Crippen LogP contribution in [0, 0.1) is 13.8 Å². The predicted molar refractivity (Wildman–Crippen MR) is 138 cm³/mol. The van der Waals surface area contributed by atoms with Crippen molar-refractivity contribution in [3.63, 3.8) is 0 Å². The SMILES string of the molecule is COc1cc(/C=N/NC(=O)Cn2cnc3sc(C)c(C)c3c2=O)ccc1OCCc1ccccc1. The van der Waals surface area contributed by atoms with Gasteiger partial charge in [-0.1, -0.05) is 30.3 Å². The van der Waals surface area contributed by atoms with E-state index in [9.17, 15) is 9.59 Å². The molecule has 0 saturated carbocycles. The Hall–Kier alpha value is -3.98. The van der Waals surface area contributed by atoms with Gasteiger partial charge >= 0.3 is 0 Å².